The van der Waals surface area contributed by atoms with E-state index in [1.807, 2.05) is 0 Å². The Kier molecular flexibility index (Phi) is 9.40. The Morgan fingerprint density at radius 2 is 1.04 bits per heavy atom. The van der Waals surface area contributed by atoms with Crippen molar-refractivity contribution in [2.75, 3.05) is 0 Å². The molecule has 0 heteroatoms. The van der Waals surface area contributed by atoms with Gasteiger partial charge in [-0.2, -0.15) is 0 Å². The van der Waals surface area contributed by atoms with Gasteiger partial charge in [-0.05, 0) is 126 Å². The maximum atomic E-state index is 2.49. The van der Waals surface area contributed by atoms with Crippen molar-refractivity contribution in [1.82, 2.24) is 0 Å². The molecule has 49 heavy (non-hydrogen) atoms. The summed E-state index contributed by atoms with van der Waals surface area (Å²) < 4.78 is 0. The van der Waals surface area contributed by atoms with Crippen molar-refractivity contribution in [2.45, 2.75) is 110 Å². The molecule has 248 valence electrons. The van der Waals surface area contributed by atoms with E-state index in [1.165, 1.54) is 155 Å². The number of hydrogen-bond donors (Lipinski definition) is 0. The van der Waals surface area contributed by atoms with E-state index in [4.69, 9.17) is 0 Å². The molecule has 0 atom stereocenters. The van der Waals surface area contributed by atoms with Gasteiger partial charge in [0.05, 0.1) is 0 Å². The van der Waals surface area contributed by atoms with Crippen molar-refractivity contribution in [2.24, 2.45) is 0 Å². The molecule has 0 aromatic heterocycles. The summed E-state index contributed by atoms with van der Waals surface area (Å²) in [6.07, 6.45) is 18.2. The van der Waals surface area contributed by atoms with Gasteiger partial charge < -0.3 is 0 Å². The number of benzene rings is 7. The van der Waals surface area contributed by atoms with E-state index in [0.29, 0.717) is 5.92 Å². The molecule has 0 unspecified atom stereocenters. The molecule has 0 nitrogen and oxygen atoms in total. The zero-order valence-corrected chi connectivity index (χ0v) is 29.8. The van der Waals surface area contributed by atoms with E-state index < -0.39 is 0 Å². The highest BCUT2D eigenvalue weighted by Crippen LogP contribution is 2.47. The van der Waals surface area contributed by atoms with Crippen LogP contribution in [-0.4, -0.2) is 0 Å². The van der Waals surface area contributed by atoms with Crippen LogP contribution in [0, 0.1) is 0 Å². The smallest absolute Gasteiger partial charge is 0.00201 e. The number of hydrogen-bond acceptors (Lipinski definition) is 0. The second-order valence-electron chi connectivity index (χ2n) is 15.0. The van der Waals surface area contributed by atoms with Crippen LogP contribution in [0.4, 0.5) is 0 Å². The quantitative estimate of drug-likeness (QED) is 0.0708. The van der Waals surface area contributed by atoms with Gasteiger partial charge in [0.2, 0.25) is 0 Å². The van der Waals surface area contributed by atoms with Crippen LogP contribution in [0.15, 0.2) is 103 Å². The molecule has 1 fully saturated rings. The standard InChI is InChI=1S/C49H52/c1-3-5-7-10-19-37-20-13-21-39(35-17-11-8-12-18-35)47(37)44-32-33-46-45-31-30-38(36-28-26-34(27-29-36)16-9-6-4-2)40-22-14-23-41(48(40)45)42-24-15-25-43(44)49(42)46/h13-15,20-33,35H,3-12,16-19H2,1-2H3. The van der Waals surface area contributed by atoms with Crippen LogP contribution in [-0.2, 0) is 12.8 Å². The maximum Gasteiger partial charge on any atom is -0.00201 e. The van der Waals surface area contributed by atoms with Crippen molar-refractivity contribution in [1.29, 1.82) is 0 Å². The molecule has 7 aromatic carbocycles. The summed E-state index contributed by atoms with van der Waals surface area (Å²) >= 11 is 0. The third kappa shape index (κ3) is 6.03. The molecular weight excluding hydrogens is 589 g/mol. The number of aryl methyl sites for hydroxylation is 2. The Morgan fingerprint density at radius 1 is 0.469 bits per heavy atom. The molecule has 0 amide bonds. The third-order valence-electron chi connectivity index (χ3n) is 11.8. The van der Waals surface area contributed by atoms with Gasteiger partial charge in [0.1, 0.15) is 0 Å². The molecule has 1 saturated carbocycles. The highest BCUT2D eigenvalue weighted by atomic mass is 14.3. The number of fused-ring (bicyclic) bond motifs is 2. The molecule has 0 saturated heterocycles. The van der Waals surface area contributed by atoms with Gasteiger partial charge in [-0.15, -0.1) is 0 Å². The normalized spacial score (nSPS) is 14.2. The van der Waals surface area contributed by atoms with Crippen LogP contribution in [0.5, 0.6) is 0 Å². The first kappa shape index (κ1) is 32.1. The largest absolute Gasteiger partial charge is 0.0654 e. The maximum absolute atomic E-state index is 2.49. The molecule has 1 aliphatic rings. The van der Waals surface area contributed by atoms with Crippen molar-refractivity contribution in [3.05, 3.63) is 120 Å². The molecule has 1 aliphatic carbocycles. The lowest BCUT2D eigenvalue weighted by Crippen LogP contribution is -2.08. The topological polar surface area (TPSA) is 0 Å². The first-order chi connectivity index (χ1) is 24.3. The minimum Gasteiger partial charge on any atom is -0.0654 e. The van der Waals surface area contributed by atoms with Crippen LogP contribution < -0.4 is 0 Å². The van der Waals surface area contributed by atoms with Gasteiger partial charge in [-0.25, -0.2) is 0 Å². The highest BCUT2D eigenvalue weighted by molar-refractivity contribution is 6.35. The summed E-state index contributed by atoms with van der Waals surface area (Å²) in [4.78, 5) is 0. The zero-order chi connectivity index (χ0) is 33.2. The fourth-order valence-corrected chi connectivity index (χ4v) is 9.26. The Hall–Kier alpha value is -4.16. The minimum atomic E-state index is 0.670. The van der Waals surface area contributed by atoms with Crippen molar-refractivity contribution < 1.29 is 0 Å². The summed E-state index contributed by atoms with van der Waals surface area (Å²) in [5.74, 6) is 0.670. The Bertz CT molecular complexity index is 2170. The number of unbranched alkanes of at least 4 members (excludes halogenated alkanes) is 5. The molecule has 0 spiro atoms. The summed E-state index contributed by atoms with van der Waals surface area (Å²) in [6, 6.07) is 40.5. The fourth-order valence-electron chi connectivity index (χ4n) is 9.26. The average Bonchev–Trinajstić information content (AvgIpc) is 3.16. The summed E-state index contributed by atoms with van der Waals surface area (Å²) in [5.41, 5.74) is 10.2. The second kappa shape index (κ2) is 14.4. The highest BCUT2D eigenvalue weighted by Gasteiger charge is 2.24. The molecule has 8 rings (SSSR count). The van der Waals surface area contributed by atoms with E-state index in [0.717, 1.165) is 0 Å². The lowest BCUT2D eigenvalue weighted by Gasteiger charge is -2.27. The molecule has 0 aliphatic heterocycles. The lowest BCUT2D eigenvalue weighted by molar-refractivity contribution is 0.444. The minimum absolute atomic E-state index is 0.670. The Morgan fingerprint density at radius 3 is 1.73 bits per heavy atom. The van der Waals surface area contributed by atoms with E-state index >= 15 is 0 Å². The summed E-state index contributed by atoms with van der Waals surface area (Å²) in [5, 5.41) is 11.1. The van der Waals surface area contributed by atoms with E-state index in [-0.39, 0.29) is 0 Å². The van der Waals surface area contributed by atoms with Gasteiger partial charge in [-0.3, -0.25) is 0 Å². The van der Waals surface area contributed by atoms with E-state index in [1.54, 1.807) is 16.7 Å². The zero-order valence-electron chi connectivity index (χ0n) is 29.8. The molecular formula is C49H52. The Labute approximate surface area is 293 Å². The monoisotopic (exact) mass is 640 g/mol. The SMILES string of the molecule is CCCCCCc1cccc(C2CCCCC2)c1-c1ccc2c3ccc(-c4ccc(CCCCC)cc4)c4cccc(c5cccc1c52)c43. The molecule has 0 N–H and O–H groups in total. The molecule has 0 radical (unpaired) electrons. The van der Waals surface area contributed by atoms with Crippen LogP contribution >= 0.6 is 0 Å². The predicted octanol–water partition coefficient (Wildman–Crippen LogP) is 15.0. The predicted molar refractivity (Wildman–Crippen MR) is 215 cm³/mol. The van der Waals surface area contributed by atoms with E-state index in [9.17, 15) is 0 Å². The summed E-state index contributed by atoms with van der Waals surface area (Å²) in [7, 11) is 0. The number of rotatable bonds is 12. The van der Waals surface area contributed by atoms with Crippen LogP contribution in [0.3, 0.4) is 0 Å². The van der Waals surface area contributed by atoms with Gasteiger partial charge in [0.15, 0.2) is 0 Å². The van der Waals surface area contributed by atoms with Crippen LogP contribution in [0.25, 0.3) is 65.3 Å². The Balaban J connectivity index is 1.30. The third-order valence-corrected chi connectivity index (χ3v) is 11.8. The molecule has 0 heterocycles. The lowest BCUT2D eigenvalue weighted by atomic mass is 9.77. The van der Waals surface area contributed by atoms with Crippen molar-refractivity contribution in [3.8, 4) is 22.3 Å². The van der Waals surface area contributed by atoms with Crippen molar-refractivity contribution >= 4 is 43.1 Å². The van der Waals surface area contributed by atoms with Gasteiger partial charge in [-0.1, -0.05) is 168 Å². The van der Waals surface area contributed by atoms with Crippen LogP contribution in [0.1, 0.15) is 114 Å². The van der Waals surface area contributed by atoms with Crippen molar-refractivity contribution in [3.63, 3.8) is 0 Å². The van der Waals surface area contributed by atoms with Gasteiger partial charge in [0, 0.05) is 0 Å². The molecule has 0 bridgehead atoms. The first-order valence-corrected chi connectivity index (χ1v) is 19.6. The summed E-state index contributed by atoms with van der Waals surface area (Å²) in [6.45, 7) is 4.60. The van der Waals surface area contributed by atoms with Gasteiger partial charge >= 0.3 is 0 Å². The fraction of sp³-hybridized carbons (Fsp3) is 0.347. The van der Waals surface area contributed by atoms with Crippen LogP contribution in [0.2, 0.25) is 0 Å². The van der Waals surface area contributed by atoms with E-state index in [2.05, 4.69) is 117 Å². The van der Waals surface area contributed by atoms with Gasteiger partial charge in [0.25, 0.3) is 0 Å². The average molecular weight is 641 g/mol. The molecule has 7 aromatic rings. The second-order valence-corrected chi connectivity index (χ2v) is 15.0. The first-order valence-electron chi connectivity index (χ1n) is 19.6.